The summed E-state index contributed by atoms with van der Waals surface area (Å²) in [6.07, 6.45) is -2.16. The lowest BCUT2D eigenvalue weighted by molar-refractivity contribution is 0.0300. The second-order valence-electron chi connectivity index (χ2n) is 1.68. The highest BCUT2D eigenvalue weighted by Crippen LogP contribution is 1.98. The Balaban J connectivity index is 3.64. The molecule has 0 rings (SSSR count). The molecule has 3 N–H and O–H groups in total. The summed E-state index contributed by atoms with van der Waals surface area (Å²) in [6, 6.07) is 0. The zero-order valence-corrected chi connectivity index (χ0v) is 4.70. The molecular formula is C5H10O3. The van der Waals surface area contributed by atoms with Gasteiger partial charge >= 0.3 is 0 Å². The van der Waals surface area contributed by atoms with Gasteiger partial charge in [0, 0.05) is 0 Å². The van der Waals surface area contributed by atoms with Crippen molar-refractivity contribution in [1.82, 2.24) is 0 Å². The van der Waals surface area contributed by atoms with E-state index < -0.39 is 18.0 Å². The maximum atomic E-state index is 8.60. The fourth-order valence-corrected chi connectivity index (χ4v) is 0.278. The molecule has 2 atom stereocenters. The summed E-state index contributed by atoms with van der Waals surface area (Å²) in [7, 11) is 0. The molecule has 0 aliphatic carbocycles. The van der Waals surface area contributed by atoms with Gasteiger partial charge in [-0.3, -0.25) is 0 Å². The van der Waals surface area contributed by atoms with Crippen molar-refractivity contribution in [2.45, 2.75) is 19.1 Å². The Hall–Kier alpha value is -0.540. The van der Waals surface area contributed by atoms with E-state index in [-0.39, 0.29) is 0 Å². The van der Waals surface area contributed by atoms with E-state index in [9.17, 15) is 0 Å². The predicted molar refractivity (Wildman–Crippen MR) is 29.5 cm³/mol. The summed E-state index contributed by atoms with van der Waals surface area (Å²) in [5, 5.41) is 25.5. The normalized spacial score (nSPS) is 17.4. The van der Waals surface area contributed by atoms with Gasteiger partial charge in [-0.1, -0.05) is 6.58 Å². The van der Waals surface area contributed by atoms with Crippen molar-refractivity contribution >= 4 is 0 Å². The van der Waals surface area contributed by atoms with Crippen LogP contribution in [0.25, 0.3) is 0 Å². The Kier molecular flexibility index (Phi) is 2.51. The average molecular weight is 118 g/mol. The first kappa shape index (κ1) is 7.46. The average Bonchev–Trinajstić information content (AvgIpc) is 1.64. The molecule has 8 heavy (non-hydrogen) atoms. The molecule has 0 bridgehead atoms. The van der Waals surface area contributed by atoms with Gasteiger partial charge in [0.05, 0.1) is 6.10 Å². The molecule has 48 valence electrons. The summed E-state index contributed by atoms with van der Waals surface area (Å²) in [6.45, 7) is 4.39. The van der Waals surface area contributed by atoms with Gasteiger partial charge in [-0.05, 0) is 6.92 Å². The third-order valence-electron chi connectivity index (χ3n) is 0.798. The van der Waals surface area contributed by atoms with Crippen molar-refractivity contribution in [2.75, 3.05) is 0 Å². The van der Waals surface area contributed by atoms with E-state index in [1.165, 1.54) is 6.92 Å². The summed E-state index contributed by atoms with van der Waals surface area (Å²) in [5.74, 6) is -0.403. The van der Waals surface area contributed by atoms with Gasteiger partial charge in [-0.25, -0.2) is 0 Å². The van der Waals surface area contributed by atoms with E-state index >= 15 is 0 Å². The first-order valence-corrected chi connectivity index (χ1v) is 2.29. The van der Waals surface area contributed by atoms with Crippen LogP contribution >= 0.6 is 0 Å². The SMILES string of the molecule is C=C(O)C(O)C(C)O. The number of hydrogen-bond donors (Lipinski definition) is 3. The molecule has 0 aromatic carbocycles. The molecule has 3 heteroatoms. The topological polar surface area (TPSA) is 60.7 Å². The molecule has 0 radical (unpaired) electrons. The fourth-order valence-electron chi connectivity index (χ4n) is 0.278. The molecule has 0 aromatic rings. The minimum absolute atomic E-state index is 0.403. The number of hydrogen-bond acceptors (Lipinski definition) is 3. The molecule has 0 spiro atoms. The zero-order valence-electron chi connectivity index (χ0n) is 4.70. The second kappa shape index (κ2) is 2.69. The third kappa shape index (κ3) is 1.95. The van der Waals surface area contributed by atoms with Crippen LogP contribution in [-0.4, -0.2) is 27.5 Å². The van der Waals surface area contributed by atoms with Gasteiger partial charge in [-0.15, -0.1) is 0 Å². The molecule has 2 unspecified atom stereocenters. The van der Waals surface area contributed by atoms with Gasteiger partial charge in [0.25, 0.3) is 0 Å². The van der Waals surface area contributed by atoms with Crippen LogP contribution in [0.5, 0.6) is 0 Å². The molecule has 0 fully saturated rings. The summed E-state index contributed by atoms with van der Waals surface area (Å²) in [5.41, 5.74) is 0. The Labute approximate surface area is 47.9 Å². The molecule has 0 saturated heterocycles. The number of aliphatic hydroxyl groups is 3. The van der Waals surface area contributed by atoms with E-state index in [0.717, 1.165) is 0 Å². The highest BCUT2D eigenvalue weighted by atomic mass is 16.4. The molecule has 0 saturated carbocycles. The van der Waals surface area contributed by atoms with Crippen LogP contribution in [-0.2, 0) is 0 Å². The molecule has 0 aliphatic heterocycles. The van der Waals surface area contributed by atoms with Gasteiger partial charge < -0.3 is 15.3 Å². The highest BCUT2D eigenvalue weighted by Gasteiger charge is 2.12. The standard InChI is InChI=1S/C5H10O3/c1-3(6)5(8)4(2)7/h4-8H,1H2,2H3. The molecule has 0 heterocycles. The monoisotopic (exact) mass is 118 g/mol. The van der Waals surface area contributed by atoms with Gasteiger partial charge in [0.2, 0.25) is 0 Å². The molecule has 0 aliphatic rings. The van der Waals surface area contributed by atoms with E-state index in [1.807, 2.05) is 0 Å². The van der Waals surface area contributed by atoms with E-state index in [1.54, 1.807) is 0 Å². The maximum Gasteiger partial charge on any atom is 0.136 e. The zero-order chi connectivity index (χ0) is 6.73. The largest absolute Gasteiger partial charge is 0.510 e. The maximum absolute atomic E-state index is 8.60. The Morgan fingerprint density at radius 3 is 1.88 bits per heavy atom. The smallest absolute Gasteiger partial charge is 0.136 e. The molecule has 3 nitrogen and oxygen atoms in total. The van der Waals surface area contributed by atoms with Crippen molar-refractivity contribution < 1.29 is 15.3 Å². The van der Waals surface area contributed by atoms with Crippen LogP contribution in [0.1, 0.15) is 6.92 Å². The van der Waals surface area contributed by atoms with Gasteiger partial charge in [0.1, 0.15) is 11.9 Å². The van der Waals surface area contributed by atoms with Crippen LogP contribution in [0.2, 0.25) is 0 Å². The highest BCUT2D eigenvalue weighted by molar-refractivity contribution is 4.91. The number of aliphatic hydroxyl groups excluding tert-OH is 3. The first-order chi connectivity index (χ1) is 3.55. The van der Waals surface area contributed by atoms with Crippen molar-refractivity contribution in [2.24, 2.45) is 0 Å². The van der Waals surface area contributed by atoms with Crippen molar-refractivity contribution in [1.29, 1.82) is 0 Å². The molecular weight excluding hydrogens is 108 g/mol. The Bertz CT molecular complexity index is 87.7. The summed E-state index contributed by atoms with van der Waals surface area (Å²) >= 11 is 0. The lowest BCUT2D eigenvalue weighted by Gasteiger charge is -2.10. The number of rotatable bonds is 2. The lowest BCUT2D eigenvalue weighted by Crippen LogP contribution is -2.23. The van der Waals surface area contributed by atoms with E-state index in [4.69, 9.17) is 15.3 Å². The summed E-state index contributed by atoms with van der Waals surface area (Å²) in [4.78, 5) is 0. The van der Waals surface area contributed by atoms with Crippen molar-refractivity contribution in [3.63, 3.8) is 0 Å². The quantitative estimate of drug-likeness (QED) is 0.440. The molecule has 0 aromatic heterocycles. The predicted octanol–water partition coefficient (Wildman–Crippen LogP) is -0.200. The van der Waals surface area contributed by atoms with Crippen LogP contribution in [0, 0.1) is 0 Å². The van der Waals surface area contributed by atoms with Gasteiger partial charge in [0.15, 0.2) is 0 Å². The van der Waals surface area contributed by atoms with Crippen molar-refractivity contribution in [3.8, 4) is 0 Å². The Morgan fingerprint density at radius 1 is 1.50 bits per heavy atom. The van der Waals surface area contributed by atoms with E-state index in [0.29, 0.717) is 0 Å². The summed E-state index contributed by atoms with van der Waals surface area (Å²) < 4.78 is 0. The van der Waals surface area contributed by atoms with Gasteiger partial charge in [-0.2, -0.15) is 0 Å². The van der Waals surface area contributed by atoms with E-state index in [2.05, 4.69) is 6.58 Å². The fraction of sp³-hybridized carbons (Fsp3) is 0.600. The van der Waals surface area contributed by atoms with Crippen LogP contribution in [0.15, 0.2) is 12.3 Å². The van der Waals surface area contributed by atoms with Crippen LogP contribution in [0.4, 0.5) is 0 Å². The van der Waals surface area contributed by atoms with Crippen LogP contribution < -0.4 is 0 Å². The minimum atomic E-state index is -1.21. The second-order valence-corrected chi connectivity index (χ2v) is 1.68. The molecule has 0 amide bonds. The Morgan fingerprint density at radius 2 is 1.88 bits per heavy atom. The minimum Gasteiger partial charge on any atom is -0.510 e. The van der Waals surface area contributed by atoms with Crippen LogP contribution in [0.3, 0.4) is 0 Å². The van der Waals surface area contributed by atoms with Crippen molar-refractivity contribution in [3.05, 3.63) is 12.3 Å². The lowest BCUT2D eigenvalue weighted by atomic mass is 10.2. The first-order valence-electron chi connectivity index (χ1n) is 2.29. The third-order valence-corrected chi connectivity index (χ3v) is 0.798.